The molecule has 0 spiro atoms. The molecule has 1 aliphatic rings. The SMILES string of the molecule is CN=C(NCCCOc1ccc(C)cc1)N1CCC(C)C(n2ccnc2)C1.I. The average Bonchev–Trinajstić information content (AvgIpc) is 3.21. The third kappa shape index (κ3) is 6.12. The Morgan fingerprint density at radius 3 is 2.79 bits per heavy atom. The fraction of sp³-hybridized carbons (Fsp3) is 0.524. The van der Waals surface area contributed by atoms with Crippen molar-refractivity contribution in [2.24, 2.45) is 10.9 Å². The van der Waals surface area contributed by atoms with Crippen molar-refractivity contribution in [1.29, 1.82) is 0 Å². The summed E-state index contributed by atoms with van der Waals surface area (Å²) in [7, 11) is 1.86. The third-order valence-corrected chi connectivity index (χ3v) is 5.23. The Hall–Kier alpha value is -1.77. The number of piperidine rings is 1. The summed E-state index contributed by atoms with van der Waals surface area (Å²) in [5.41, 5.74) is 1.25. The highest BCUT2D eigenvalue weighted by molar-refractivity contribution is 14.0. The summed E-state index contributed by atoms with van der Waals surface area (Å²) in [5.74, 6) is 2.54. The molecule has 3 rings (SSSR count). The van der Waals surface area contributed by atoms with Crippen LogP contribution in [0.3, 0.4) is 0 Å². The second-order valence-electron chi connectivity index (χ2n) is 7.28. The first kappa shape index (κ1) is 22.5. The van der Waals surface area contributed by atoms with Crippen LogP contribution in [0, 0.1) is 12.8 Å². The van der Waals surface area contributed by atoms with E-state index in [0.29, 0.717) is 18.6 Å². The van der Waals surface area contributed by atoms with E-state index < -0.39 is 0 Å². The molecule has 0 aliphatic carbocycles. The largest absolute Gasteiger partial charge is 0.494 e. The number of benzene rings is 1. The van der Waals surface area contributed by atoms with Gasteiger partial charge in [-0.2, -0.15) is 0 Å². The Kier molecular flexibility index (Phi) is 9.08. The molecule has 1 aliphatic heterocycles. The van der Waals surface area contributed by atoms with Crippen LogP contribution >= 0.6 is 24.0 Å². The van der Waals surface area contributed by atoms with E-state index in [-0.39, 0.29) is 24.0 Å². The lowest BCUT2D eigenvalue weighted by atomic mass is 9.93. The van der Waals surface area contributed by atoms with Gasteiger partial charge in [-0.1, -0.05) is 24.6 Å². The van der Waals surface area contributed by atoms with Crippen LogP contribution in [0.1, 0.15) is 31.4 Å². The molecule has 7 heteroatoms. The standard InChI is InChI=1S/C21H31N5O.HI/c1-17-5-7-19(8-6-17)27-14-4-10-24-21(22-3)25-12-9-18(2)20(15-25)26-13-11-23-16-26;/h5-8,11,13,16,18,20H,4,9-10,12,14-15H2,1-3H3,(H,22,24);1H. The highest BCUT2D eigenvalue weighted by atomic mass is 127. The summed E-state index contributed by atoms with van der Waals surface area (Å²) >= 11 is 0. The Bertz CT molecular complexity index is 717. The van der Waals surface area contributed by atoms with Crippen LogP contribution in [-0.4, -0.2) is 53.7 Å². The molecule has 0 amide bonds. The summed E-state index contributed by atoms with van der Waals surface area (Å²) in [6.45, 7) is 7.93. The van der Waals surface area contributed by atoms with E-state index in [2.05, 4.69) is 56.9 Å². The third-order valence-electron chi connectivity index (χ3n) is 5.23. The Labute approximate surface area is 185 Å². The van der Waals surface area contributed by atoms with E-state index in [1.807, 2.05) is 31.7 Å². The first-order chi connectivity index (χ1) is 13.2. The van der Waals surface area contributed by atoms with Crippen molar-refractivity contribution < 1.29 is 4.74 Å². The summed E-state index contributed by atoms with van der Waals surface area (Å²) < 4.78 is 8.02. The van der Waals surface area contributed by atoms with E-state index in [0.717, 1.165) is 44.2 Å². The normalized spacial score (nSPS) is 19.8. The van der Waals surface area contributed by atoms with Gasteiger partial charge >= 0.3 is 0 Å². The van der Waals surface area contributed by atoms with E-state index in [4.69, 9.17) is 4.74 Å². The molecule has 28 heavy (non-hydrogen) atoms. The molecule has 6 nitrogen and oxygen atoms in total. The zero-order chi connectivity index (χ0) is 19.1. The lowest BCUT2D eigenvalue weighted by Gasteiger charge is -2.39. The molecular formula is C21H32IN5O. The van der Waals surface area contributed by atoms with Crippen molar-refractivity contribution in [3.05, 3.63) is 48.5 Å². The van der Waals surface area contributed by atoms with Gasteiger partial charge in [-0.25, -0.2) is 4.98 Å². The molecule has 1 saturated heterocycles. The highest BCUT2D eigenvalue weighted by Gasteiger charge is 2.28. The van der Waals surface area contributed by atoms with Gasteiger partial charge in [0.05, 0.1) is 19.0 Å². The van der Waals surface area contributed by atoms with Gasteiger partial charge < -0.3 is 19.5 Å². The van der Waals surface area contributed by atoms with Gasteiger partial charge in [-0.05, 0) is 37.8 Å². The van der Waals surface area contributed by atoms with Crippen LogP contribution in [0.5, 0.6) is 5.75 Å². The lowest BCUT2D eigenvalue weighted by molar-refractivity contribution is 0.188. The van der Waals surface area contributed by atoms with Gasteiger partial charge in [0.1, 0.15) is 5.75 Å². The number of aryl methyl sites for hydroxylation is 1. The number of halogens is 1. The van der Waals surface area contributed by atoms with Crippen LogP contribution in [0.4, 0.5) is 0 Å². The number of nitrogens with one attached hydrogen (secondary N) is 1. The minimum absolute atomic E-state index is 0. The maximum atomic E-state index is 5.80. The van der Waals surface area contributed by atoms with Crippen molar-refractivity contribution in [3.63, 3.8) is 0 Å². The second kappa shape index (κ2) is 11.3. The molecule has 0 bridgehead atoms. The van der Waals surface area contributed by atoms with Gasteiger partial charge in [0, 0.05) is 39.1 Å². The minimum Gasteiger partial charge on any atom is -0.494 e. The van der Waals surface area contributed by atoms with Crippen LogP contribution in [0.25, 0.3) is 0 Å². The monoisotopic (exact) mass is 497 g/mol. The number of ether oxygens (including phenoxy) is 1. The van der Waals surface area contributed by atoms with E-state index in [1.165, 1.54) is 5.56 Å². The second-order valence-corrected chi connectivity index (χ2v) is 7.28. The Morgan fingerprint density at radius 2 is 2.11 bits per heavy atom. The molecule has 0 radical (unpaired) electrons. The minimum atomic E-state index is 0. The molecular weight excluding hydrogens is 465 g/mol. The van der Waals surface area contributed by atoms with E-state index >= 15 is 0 Å². The molecule has 1 fully saturated rings. The van der Waals surface area contributed by atoms with Gasteiger partial charge in [0.25, 0.3) is 0 Å². The van der Waals surface area contributed by atoms with Gasteiger partial charge in [-0.15, -0.1) is 24.0 Å². The Morgan fingerprint density at radius 1 is 1.32 bits per heavy atom. The predicted octanol–water partition coefficient (Wildman–Crippen LogP) is 3.74. The fourth-order valence-electron chi connectivity index (χ4n) is 3.52. The van der Waals surface area contributed by atoms with Crippen LogP contribution in [0.2, 0.25) is 0 Å². The maximum Gasteiger partial charge on any atom is 0.193 e. The van der Waals surface area contributed by atoms with Gasteiger partial charge in [0.2, 0.25) is 0 Å². The zero-order valence-corrected chi connectivity index (χ0v) is 19.4. The van der Waals surface area contributed by atoms with E-state index in [9.17, 15) is 0 Å². The summed E-state index contributed by atoms with van der Waals surface area (Å²) in [4.78, 5) is 11.0. The van der Waals surface area contributed by atoms with Crippen LogP contribution in [0.15, 0.2) is 48.0 Å². The Balaban J connectivity index is 0.00000280. The summed E-state index contributed by atoms with van der Waals surface area (Å²) in [5, 5.41) is 3.49. The molecule has 2 aromatic rings. The van der Waals surface area contributed by atoms with Crippen molar-refractivity contribution in [2.75, 3.05) is 33.3 Å². The number of aliphatic imine (C=N–C) groups is 1. The molecule has 1 N–H and O–H groups in total. The average molecular weight is 497 g/mol. The van der Waals surface area contributed by atoms with Crippen LogP contribution < -0.4 is 10.1 Å². The van der Waals surface area contributed by atoms with Crippen molar-refractivity contribution in [2.45, 2.75) is 32.7 Å². The number of guanidine groups is 1. The predicted molar refractivity (Wildman–Crippen MR) is 125 cm³/mol. The van der Waals surface area contributed by atoms with Crippen molar-refractivity contribution >= 4 is 29.9 Å². The summed E-state index contributed by atoms with van der Waals surface area (Å²) in [6.07, 6.45) is 7.92. The number of imidazole rings is 1. The maximum absolute atomic E-state index is 5.80. The summed E-state index contributed by atoms with van der Waals surface area (Å²) in [6, 6.07) is 8.62. The quantitative estimate of drug-likeness (QED) is 0.286. The first-order valence-corrected chi connectivity index (χ1v) is 9.80. The molecule has 2 unspecified atom stereocenters. The molecule has 1 aromatic heterocycles. The van der Waals surface area contributed by atoms with Crippen molar-refractivity contribution in [1.82, 2.24) is 19.8 Å². The molecule has 154 valence electrons. The van der Waals surface area contributed by atoms with Gasteiger partial charge in [0.15, 0.2) is 5.96 Å². The zero-order valence-electron chi connectivity index (χ0n) is 17.0. The number of aromatic nitrogens is 2. The number of rotatable bonds is 6. The molecule has 1 aromatic carbocycles. The smallest absolute Gasteiger partial charge is 0.193 e. The molecule has 2 heterocycles. The number of hydrogen-bond acceptors (Lipinski definition) is 3. The topological polar surface area (TPSA) is 54.7 Å². The number of likely N-dealkylation sites (tertiary alicyclic amines) is 1. The number of hydrogen-bond donors (Lipinski definition) is 1. The van der Waals surface area contributed by atoms with Crippen molar-refractivity contribution in [3.8, 4) is 5.75 Å². The first-order valence-electron chi connectivity index (χ1n) is 9.80. The van der Waals surface area contributed by atoms with Gasteiger partial charge in [-0.3, -0.25) is 4.99 Å². The molecule has 0 saturated carbocycles. The fourth-order valence-corrected chi connectivity index (χ4v) is 3.52. The lowest BCUT2D eigenvalue weighted by Crippen LogP contribution is -2.49. The van der Waals surface area contributed by atoms with E-state index in [1.54, 1.807) is 0 Å². The number of nitrogens with zero attached hydrogens (tertiary/aromatic N) is 4. The molecule has 2 atom stereocenters. The van der Waals surface area contributed by atoms with Crippen LogP contribution in [-0.2, 0) is 0 Å². The highest BCUT2D eigenvalue weighted by Crippen LogP contribution is 2.27.